The fourth-order valence-corrected chi connectivity index (χ4v) is 2.82. The van der Waals surface area contributed by atoms with Gasteiger partial charge >= 0.3 is 0 Å². The average Bonchev–Trinajstić information content (AvgIpc) is 3.26. The van der Waals surface area contributed by atoms with E-state index in [2.05, 4.69) is 25.4 Å². The zero-order valence-corrected chi connectivity index (χ0v) is 12.8. The Morgan fingerprint density at radius 3 is 2.76 bits per heavy atom. The molecule has 5 aromatic rings. The van der Waals surface area contributed by atoms with Crippen molar-refractivity contribution >= 4 is 22.1 Å². The normalized spacial score (nSPS) is 11.4. The molecule has 0 bridgehead atoms. The summed E-state index contributed by atoms with van der Waals surface area (Å²) in [5.41, 5.74) is 2.76. The van der Waals surface area contributed by atoms with Gasteiger partial charge in [-0.3, -0.25) is 0 Å². The fourth-order valence-electron chi connectivity index (χ4n) is 2.82. The quantitative estimate of drug-likeness (QED) is 0.497. The second-order valence-corrected chi connectivity index (χ2v) is 5.46. The van der Waals surface area contributed by atoms with Crippen LogP contribution in [-0.4, -0.2) is 34.7 Å². The minimum Gasteiger partial charge on any atom is -0.216 e. The van der Waals surface area contributed by atoms with Crippen molar-refractivity contribution < 1.29 is 4.39 Å². The fraction of sp³-hybridized carbons (Fsp3) is 0. The molecule has 3 aromatic heterocycles. The summed E-state index contributed by atoms with van der Waals surface area (Å²) < 4.78 is 16.8. The minimum absolute atomic E-state index is 0.335. The molecule has 25 heavy (non-hydrogen) atoms. The van der Waals surface area contributed by atoms with Crippen molar-refractivity contribution in [3.05, 3.63) is 66.9 Å². The Balaban J connectivity index is 1.76. The molecule has 0 aliphatic rings. The summed E-state index contributed by atoms with van der Waals surface area (Å²) in [7, 11) is 0. The highest BCUT2D eigenvalue weighted by Gasteiger charge is 2.15. The molecule has 120 valence electrons. The van der Waals surface area contributed by atoms with E-state index in [1.807, 2.05) is 24.3 Å². The molecule has 0 saturated carbocycles. The summed E-state index contributed by atoms with van der Waals surface area (Å²) in [6, 6.07) is 13.8. The van der Waals surface area contributed by atoms with Crippen LogP contribution in [0, 0.1) is 5.82 Å². The van der Waals surface area contributed by atoms with Crippen LogP contribution in [-0.2, 0) is 0 Å². The third-order valence-electron chi connectivity index (χ3n) is 3.95. The second kappa shape index (κ2) is 5.17. The van der Waals surface area contributed by atoms with Gasteiger partial charge in [-0.05, 0) is 30.3 Å². The van der Waals surface area contributed by atoms with E-state index in [1.165, 1.54) is 18.5 Å². The lowest BCUT2D eigenvalue weighted by Gasteiger charge is -2.04. The lowest BCUT2D eigenvalue weighted by Crippen LogP contribution is -2.03. The summed E-state index contributed by atoms with van der Waals surface area (Å²) in [6.07, 6.45) is 3.08. The van der Waals surface area contributed by atoms with E-state index in [0.29, 0.717) is 22.5 Å². The predicted octanol–water partition coefficient (Wildman–Crippen LogP) is 2.69. The van der Waals surface area contributed by atoms with Crippen LogP contribution in [0.5, 0.6) is 0 Å². The summed E-state index contributed by atoms with van der Waals surface area (Å²) in [5.74, 6) is 0.235. The number of hydrogen-bond donors (Lipinski definition) is 0. The first kappa shape index (κ1) is 13.7. The van der Waals surface area contributed by atoms with Gasteiger partial charge in [0, 0.05) is 0 Å². The predicted molar refractivity (Wildman–Crippen MR) is 89.0 cm³/mol. The maximum Gasteiger partial charge on any atom is 0.170 e. The van der Waals surface area contributed by atoms with Crippen LogP contribution < -0.4 is 0 Å². The first-order valence-corrected chi connectivity index (χ1v) is 7.57. The van der Waals surface area contributed by atoms with Crippen LogP contribution in [0.2, 0.25) is 0 Å². The Morgan fingerprint density at radius 2 is 1.84 bits per heavy atom. The number of para-hydroxylation sites is 1. The van der Waals surface area contributed by atoms with Crippen molar-refractivity contribution in [2.45, 2.75) is 0 Å². The van der Waals surface area contributed by atoms with Gasteiger partial charge in [0.25, 0.3) is 0 Å². The molecule has 0 amide bonds. The number of benzene rings is 2. The highest BCUT2D eigenvalue weighted by molar-refractivity contribution is 5.86. The largest absolute Gasteiger partial charge is 0.216 e. The topological polar surface area (TPSA) is 74.3 Å². The first-order valence-electron chi connectivity index (χ1n) is 7.57. The number of fused-ring (bicyclic) bond motifs is 2. The second-order valence-electron chi connectivity index (χ2n) is 5.46. The zero-order valence-electron chi connectivity index (χ0n) is 12.8. The lowest BCUT2D eigenvalue weighted by atomic mass is 10.3. The van der Waals surface area contributed by atoms with E-state index in [9.17, 15) is 4.39 Å². The third-order valence-corrected chi connectivity index (χ3v) is 3.95. The van der Waals surface area contributed by atoms with Crippen molar-refractivity contribution in [1.29, 1.82) is 0 Å². The van der Waals surface area contributed by atoms with Crippen molar-refractivity contribution in [1.82, 2.24) is 34.7 Å². The monoisotopic (exact) mass is 331 g/mol. The van der Waals surface area contributed by atoms with Gasteiger partial charge < -0.3 is 0 Å². The molecule has 0 spiro atoms. The molecule has 8 heteroatoms. The average molecular weight is 331 g/mol. The summed E-state index contributed by atoms with van der Waals surface area (Å²) >= 11 is 0. The maximum absolute atomic E-state index is 13.5. The Bertz CT molecular complexity index is 1220. The highest BCUT2D eigenvalue weighted by Crippen LogP contribution is 2.23. The molecule has 0 fully saturated rings. The molecule has 2 aromatic carbocycles. The molecule has 0 N–H and O–H groups in total. The Morgan fingerprint density at radius 1 is 0.920 bits per heavy atom. The molecule has 0 saturated heterocycles. The van der Waals surface area contributed by atoms with Gasteiger partial charge in [0.1, 0.15) is 17.7 Å². The Hall–Kier alpha value is -3.68. The van der Waals surface area contributed by atoms with E-state index in [4.69, 9.17) is 0 Å². The first-order chi connectivity index (χ1) is 12.3. The summed E-state index contributed by atoms with van der Waals surface area (Å²) in [6.45, 7) is 0. The number of nitrogens with zero attached hydrogens (tertiary/aromatic N) is 7. The van der Waals surface area contributed by atoms with Crippen molar-refractivity contribution in [3.63, 3.8) is 0 Å². The highest BCUT2D eigenvalue weighted by atomic mass is 19.1. The number of aromatic nitrogens is 7. The molecule has 0 unspecified atom stereocenters. The van der Waals surface area contributed by atoms with Crippen LogP contribution in [0.15, 0.2) is 61.1 Å². The Labute approximate surface area is 140 Å². The summed E-state index contributed by atoms with van der Waals surface area (Å²) in [5, 5.41) is 13.4. The van der Waals surface area contributed by atoms with Crippen LogP contribution in [0.1, 0.15) is 0 Å². The number of rotatable bonds is 2. The molecule has 5 rings (SSSR count). The van der Waals surface area contributed by atoms with Crippen LogP contribution in [0.3, 0.4) is 0 Å². The molecule has 0 aliphatic heterocycles. The number of halogens is 1. The standard InChI is InChI=1S/C17H10FN7/c18-11-4-3-5-12(8-11)24-16-13(9-21-24)17(20-10-19-16)25-15-7-2-1-6-14(15)22-23-25/h1-10H. The Kier molecular flexibility index (Phi) is 2.84. The molecular weight excluding hydrogens is 321 g/mol. The van der Waals surface area contributed by atoms with E-state index in [-0.39, 0.29) is 5.82 Å². The van der Waals surface area contributed by atoms with Crippen molar-refractivity contribution in [3.8, 4) is 11.5 Å². The SMILES string of the molecule is Fc1cccc(-n2ncc3c(-n4nnc5ccccc54)ncnc32)c1. The van der Waals surface area contributed by atoms with Gasteiger partial charge in [-0.25, -0.2) is 19.0 Å². The third kappa shape index (κ3) is 2.08. The van der Waals surface area contributed by atoms with Gasteiger partial charge in [0.05, 0.1) is 22.8 Å². The molecule has 0 radical (unpaired) electrons. The smallest absolute Gasteiger partial charge is 0.170 e. The van der Waals surface area contributed by atoms with Crippen LogP contribution in [0.25, 0.3) is 33.6 Å². The van der Waals surface area contributed by atoms with E-state index in [0.717, 1.165) is 11.0 Å². The molecule has 7 nitrogen and oxygen atoms in total. The van der Waals surface area contributed by atoms with E-state index in [1.54, 1.807) is 27.7 Å². The van der Waals surface area contributed by atoms with Gasteiger partial charge in [0.2, 0.25) is 0 Å². The lowest BCUT2D eigenvalue weighted by molar-refractivity contribution is 0.625. The van der Waals surface area contributed by atoms with Crippen molar-refractivity contribution in [2.24, 2.45) is 0 Å². The van der Waals surface area contributed by atoms with Gasteiger partial charge in [-0.2, -0.15) is 9.78 Å². The number of hydrogen-bond acceptors (Lipinski definition) is 5. The maximum atomic E-state index is 13.5. The van der Waals surface area contributed by atoms with Gasteiger partial charge in [-0.1, -0.05) is 23.4 Å². The van der Waals surface area contributed by atoms with E-state index >= 15 is 0 Å². The van der Waals surface area contributed by atoms with Crippen molar-refractivity contribution in [2.75, 3.05) is 0 Å². The van der Waals surface area contributed by atoms with Gasteiger partial charge in [-0.15, -0.1) is 5.10 Å². The molecule has 0 atom stereocenters. The molecule has 0 aliphatic carbocycles. The zero-order chi connectivity index (χ0) is 16.8. The molecule has 3 heterocycles. The van der Waals surface area contributed by atoms with Crippen LogP contribution >= 0.6 is 0 Å². The van der Waals surface area contributed by atoms with E-state index < -0.39 is 0 Å². The minimum atomic E-state index is -0.335. The molecular formula is C17H10FN7. The summed E-state index contributed by atoms with van der Waals surface area (Å²) in [4.78, 5) is 8.65. The van der Waals surface area contributed by atoms with Crippen LogP contribution in [0.4, 0.5) is 4.39 Å². The van der Waals surface area contributed by atoms with Gasteiger partial charge in [0.15, 0.2) is 11.5 Å².